The monoisotopic (exact) mass is 405 g/mol. The Kier molecular flexibility index (Phi) is 5.66. The first kappa shape index (κ1) is 20.3. The fourth-order valence-corrected chi connectivity index (χ4v) is 4.37. The zero-order valence-electron chi connectivity index (χ0n) is 18.1. The van der Waals surface area contributed by atoms with Crippen LogP contribution < -0.4 is 10.6 Å². The van der Waals surface area contributed by atoms with Gasteiger partial charge in [-0.05, 0) is 36.5 Å². The van der Waals surface area contributed by atoms with Gasteiger partial charge in [-0.3, -0.25) is 4.40 Å². The molecule has 0 atom stereocenters. The smallest absolute Gasteiger partial charge is 0.317 e. The van der Waals surface area contributed by atoms with E-state index in [1.807, 2.05) is 11.0 Å². The molecular formula is C24H31N5O. The molecule has 0 bridgehead atoms. The molecule has 1 aromatic carbocycles. The van der Waals surface area contributed by atoms with Gasteiger partial charge in [-0.25, -0.2) is 9.78 Å². The van der Waals surface area contributed by atoms with Crippen LogP contribution >= 0.6 is 0 Å². The largest absolute Gasteiger partial charge is 0.370 e. The predicted molar refractivity (Wildman–Crippen MR) is 121 cm³/mol. The van der Waals surface area contributed by atoms with Crippen LogP contribution in [-0.4, -0.2) is 47.0 Å². The molecule has 30 heavy (non-hydrogen) atoms. The number of rotatable bonds is 5. The van der Waals surface area contributed by atoms with Crippen LogP contribution in [0.4, 0.5) is 10.6 Å². The lowest BCUT2D eigenvalue weighted by Crippen LogP contribution is -2.50. The number of benzene rings is 1. The molecule has 0 spiro atoms. The summed E-state index contributed by atoms with van der Waals surface area (Å²) in [7, 11) is 1.69. The van der Waals surface area contributed by atoms with E-state index in [-0.39, 0.29) is 11.4 Å². The lowest BCUT2D eigenvalue weighted by Gasteiger charge is -2.42. The van der Waals surface area contributed by atoms with Gasteiger partial charge in [-0.1, -0.05) is 50.2 Å². The van der Waals surface area contributed by atoms with Gasteiger partial charge in [0, 0.05) is 38.3 Å². The van der Waals surface area contributed by atoms with Crippen molar-refractivity contribution in [1.29, 1.82) is 0 Å². The molecule has 0 radical (unpaired) electrons. The Labute approximate surface area is 178 Å². The number of imidazole rings is 1. The fraction of sp³-hybridized carbons (Fsp3) is 0.417. The first-order valence-electron chi connectivity index (χ1n) is 10.8. The molecule has 2 amide bonds. The minimum absolute atomic E-state index is 0.00835. The van der Waals surface area contributed by atoms with E-state index in [9.17, 15) is 4.79 Å². The number of likely N-dealkylation sites (tertiary alicyclic amines) is 1. The summed E-state index contributed by atoms with van der Waals surface area (Å²) >= 11 is 0. The van der Waals surface area contributed by atoms with Crippen molar-refractivity contribution >= 4 is 17.5 Å². The van der Waals surface area contributed by atoms with Gasteiger partial charge in [0.15, 0.2) is 0 Å². The number of carbonyl (C=O) groups is 1. The van der Waals surface area contributed by atoms with Crippen molar-refractivity contribution in [1.82, 2.24) is 19.6 Å². The molecule has 0 unspecified atom stereocenters. The van der Waals surface area contributed by atoms with E-state index in [0.717, 1.165) is 49.6 Å². The van der Waals surface area contributed by atoms with Gasteiger partial charge < -0.3 is 15.5 Å². The molecule has 158 valence electrons. The summed E-state index contributed by atoms with van der Waals surface area (Å²) in [4.78, 5) is 18.7. The molecular weight excluding hydrogens is 374 g/mol. The van der Waals surface area contributed by atoms with Crippen LogP contribution in [0, 0.1) is 0 Å². The number of anilines is 1. The number of fused-ring (bicyclic) bond motifs is 1. The Hall–Kier alpha value is -3.02. The van der Waals surface area contributed by atoms with Crippen LogP contribution in [0.25, 0.3) is 5.65 Å². The molecule has 4 rings (SSSR count). The highest BCUT2D eigenvalue weighted by Gasteiger charge is 2.37. The fourth-order valence-electron chi connectivity index (χ4n) is 4.37. The third kappa shape index (κ3) is 3.86. The minimum atomic E-state index is -0.0184. The zero-order valence-corrected chi connectivity index (χ0v) is 18.1. The second-order valence-electron chi connectivity index (χ2n) is 8.50. The first-order valence-corrected chi connectivity index (χ1v) is 10.8. The Balaban J connectivity index is 1.60. The third-order valence-corrected chi connectivity index (χ3v) is 6.32. The van der Waals surface area contributed by atoms with Crippen molar-refractivity contribution in [3.63, 3.8) is 0 Å². The van der Waals surface area contributed by atoms with E-state index in [2.05, 4.69) is 77.5 Å². The molecule has 2 aromatic heterocycles. The minimum Gasteiger partial charge on any atom is -0.370 e. The van der Waals surface area contributed by atoms with Crippen LogP contribution in [-0.2, 0) is 5.41 Å². The van der Waals surface area contributed by atoms with Crippen LogP contribution in [0.3, 0.4) is 0 Å². The maximum Gasteiger partial charge on any atom is 0.317 e. The normalized spacial score (nSPS) is 16.1. The van der Waals surface area contributed by atoms with Gasteiger partial charge >= 0.3 is 6.03 Å². The van der Waals surface area contributed by atoms with Crippen molar-refractivity contribution in [2.45, 2.75) is 38.0 Å². The highest BCUT2D eigenvalue weighted by molar-refractivity contribution is 5.74. The summed E-state index contributed by atoms with van der Waals surface area (Å²) in [5.41, 5.74) is 3.37. The third-order valence-electron chi connectivity index (χ3n) is 6.32. The molecule has 2 N–H and O–H groups in total. The number of hydrogen-bond acceptors (Lipinski definition) is 3. The molecule has 0 saturated carbocycles. The highest BCUT2D eigenvalue weighted by atomic mass is 16.2. The predicted octanol–water partition coefficient (Wildman–Crippen LogP) is 4.24. The maximum atomic E-state index is 12.1. The van der Waals surface area contributed by atoms with Crippen molar-refractivity contribution < 1.29 is 4.79 Å². The van der Waals surface area contributed by atoms with E-state index in [1.165, 1.54) is 5.56 Å². The van der Waals surface area contributed by atoms with E-state index >= 15 is 0 Å². The van der Waals surface area contributed by atoms with Crippen LogP contribution in [0.1, 0.15) is 43.9 Å². The Bertz CT molecular complexity index is 1000. The lowest BCUT2D eigenvalue weighted by atomic mass is 9.72. The summed E-state index contributed by atoms with van der Waals surface area (Å²) in [5.74, 6) is 1.44. The van der Waals surface area contributed by atoms with Crippen molar-refractivity contribution in [2.24, 2.45) is 0 Å². The topological polar surface area (TPSA) is 61.7 Å². The van der Waals surface area contributed by atoms with Gasteiger partial charge in [0.1, 0.15) is 11.5 Å². The van der Waals surface area contributed by atoms with Gasteiger partial charge in [0.05, 0.1) is 5.69 Å². The van der Waals surface area contributed by atoms with Crippen LogP contribution in [0.15, 0.2) is 54.7 Å². The van der Waals surface area contributed by atoms with Crippen molar-refractivity contribution in [3.05, 3.63) is 66.0 Å². The summed E-state index contributed by atoms with van der Waals surface area (Å²) in [6.07, 6.45) is 3.98. The summed E-state index contributed by atoms with van der Waals surface area (Å²) in [5, 5.41) is 6.46. The Morgan fingerprint density at radius 2 is 1.83 bits per heavy atom. The number of nitrogens with zero attached hydrogens (tertiary/aromatic N) is 3. The second kappa shape index (κ2) is 8.38. The van der Waals surface area contributed by atoms with Gasteiger partial charge in [-0.15, -0.1) is 0 Å². The average Bonchev–Trinajstić information content (AvgIpc) is 3.23. The number of amides is 2. The zero-order chi connectivity index (χ0) is 21.1. The SMILES string of the molecule is CNC(=O)N1CCC(CNc2cccc3nc(C(C)C)cn23)(c2ccccc2)CC1. The van der Waals surface area contributed by atoms with Gasteiger partial charge in [-0.2, -0.15) is 0 Å². The molecule has 6 heteroatoms. The van der Waals surface area contributed by atoms with Crippen molar-refractivity contribution in [3.8, 4) is 0 Å². The number of piperidine rings is 1. The number of hydrogen-bond donors (Lipinski definition) is 2. The molecule has 1 aliphatic rings. The number of aromatic nitrogens is 2. The van der Waals surface area contributed by atoms with Gasteiger partial charge in [0.2, 0.25) is 0 Å². The van der Waals surface area contributed by atoms with Crippen LogP contribution in [0.2, 0.25) is 0 Å². The van der Waals surface area contributed by atoms with Crippen molar-refractivity contribution in [2.75, 3.05) is 32.0 Å². The first-order chi connectivity index (χ1) is 14.5. The molecule has 0 aliphatic carbocycles. The average molecular weight is 406 g/mol. The Morgan fingerprint density at radius 3 is 2.50 bits per heavy atom. The van der Waals surface area contributed by atoms with E-state index in [4.69, 9.17) is 4.98 Å². The molecule has 1 saturated heterocycles. The molecule has 1 aliphatic heterocycles. The lowest BCUT2D eigenvalue weighted by molar-refractivity contribution is 0.162. The van der Waals surface area contributed by atoms with E-state index in [1.54, 1.807) is 7.05 Å². The quantitative estimate of drug-likeness (QED) is 0.667. The number of pyridine rings is 1. The summed E-state index contributed by atoms with van der Waals surface area (Å²) < 4.78 is 2.15. The molecule has 3 heterocycles. The molecule has 1 fully saturated rings. The number of carbonyl (C=O) groups excluding carboxylic acids is 1. The summed E-state index contributed by atoms with van der Waals surface area (Å²) in [6.45, 7) is 6.65. The molecule has 3 aromatic rings. The second-order valence-corrected chi connectivity index (χ2v) is 8.50. The highest BCUT2D eigenvalue weighted by Crippen LogP contribution is 2.36. The summed E-state index contributed by atoms with van der Waals surface area (Å²) in [6, 6.07) is 16.9. The maximum absolute atomic E-state index is 12.1. The standard InChI is InChI=1S/C24H31N5O/c1-18(2)20-16-29-21(10-7-11-22(29)27-20)26-17-24(19-8-5-4-6-9-19)12-14-28(15-13-24)23(30)25-3/h4-11,16,18,26H,12-15,17H2,1-3H3,(H,25,30). The van der Waals surface area contributed by atoms with Crippen LogP contribution in [0.5, 0.6) is 0 Å². The van der Waals surface area contributed by atoms with E-state index in [0.29, 0.717) is 5.92 Å². The Morgan fingerprint density at radius 1 is 1.10 bits per heavy atom. The number of urea groups is 1. The van der Waals surface area contributed by atoms with Gasteiger partial charge in [0.25, 0.3) is 0 Å². The van der Waals surface area contributed by atoms with E-state index < -0.39 is 0 Å². The number of nitrogens with one attached hydrogen (secondary N) is 2. The molecule has 6 nitrogen and oxygen atoms in total.